The minimum atomic E-state index is 0.586. The summed E-state index contributed by atoms with van der Waals surface area (Å²) in [7, 11) is 0. The Kier molecular flexibility index (Phi) is 17.8. The molecule has 0 aliphatic heterocycles. The van der Waals surface area contributed by atoms with Gasteiger partial charge in [-0.3, -0.25) is 9.13 Å². The normalized spacial score (nSPS) is 11.6. The first kappa shape index (κ1) is 74.2. The van der Waals surface area contributed by atoms with Crippen LogP contribution in [0.5, 0.6) is 0 Å². The van der Waals surface area contributed by atoms with Gasteiger partial charge in [0.1, 0.15) is 0 Å². The summed E-state index contributed by atoms with van der Waals surface area (Å²) >= 11 is 0. The Morgan fingerprint density at radius 1 is 0.195 bits per heavy atom. The number of fused-ring (bicyclic) bond motifs is 12. The van der Waals surface area contributed by atoms with Crippen molar-refractivity contribution in [3.63, 3.8) is 0 Å². The first-order chi connectivity index (χ1) is 63.3. The van der Waals surface area contributed by atoms with Gasteiger partial charge in [0.25, 0.3) is 0 Å². The van der Waals surface area contributed by atoms with Crippen molar-refractivity contribution in [3.8, 4) is 152 Å². The lowest BCUT2D eigenvalue weighted by molar-refractivity contribution is 0.995. The number of benzene rings is 18. The van der Waals surface area contributed by atoms with Gasteiger partial charge in [-0.2, -0.15) is 5.26 Å². The molecule has 0 aliphatic rings. The predicted molar refractivity (Wildman–Crippen MR) is 526 cm³/mol. The topological polar surface area (TPSA) is 99.4 Å². The Morgan fingerprint density at radius 2 is 0.445 bits per heavy atom. The van der Waals surface area contributed by atoms with Crippen molar-refractivity contribution < 1.29 is 0 Å². The third-order valence-electron chi connectivity index (χ3n) is 25.3. The number of rotatable bonds is 15. The lowest BCUT2D eigenvalue weighted by Crippen LogP contribution is -2.04. The van der Waals surface area contributed by atoms with Crippen LogP contribution >= 0.6 is 0 Å². The van der Waals surface area contributed by atoms with E-state index < -0.39 is 0 Å². The second-order valence-electron chi connectivity index (χ2n) is 32.7. The molecule has 24 aromatic rings. The van der Waals surface area contributed by atoms with Crippen LogP contribution < -0.4 is 0 Å². The van der Waals surface area contributed by atoms with Crippen LogP contribution in [0.1, 0.15) is 5.56 Å². The molecule has 0 saturated heterocycles. The summed E-state index contributed by atoms with van der Waals surface area (Å²) in [5.41, 5.74) is 34.6. The number of aromatic nitrogens is 8. The SMILES string of the molecule is [C-]#[N+]c1ccc(-c2ccc(-c3cc(-c4ccccc4)nc(-n4c5ccccc5c5cc(-c6ccc7c(c6)c6ccccc6n7-c6cccc(-c7cc(-c8ccccc8)cc(-c8cccc(-n9c%10ccccc%10c%10cc(-c%11ccc%12c(c%11)c%11ccccc%11n%12-c%11nc(-c%12ccccc%12)cc(-c%12ccc(-c%13ccc(C#N)cc%13)cc%12)n%11)ccc%109)c8)c7)c6)ccc54)n3)cc2)cc1. The van der Waals surface area contributed by atoms with E-state index in [0.717, 1.165) is 200 Å². The molecule has 18 aromatic carbocycles. The number of hydrogen-bond acceptors (Lipinski definition) is 5. The van der Waals surface area contributed by atoms with Crippen molar-refractivity contribution in [2.24, 2.45) is 0 Å². The number of para-hydroxylation sites is 4. The molecule has 128 heavy (non-hydrogen) atoms. The van der Waals surface area contributed by atoms with Crippen LogP contribution in [0, 0.1) is 17.9 Å². The average molecular weight is 1630 g/mol. The third-order valence-corrected chi connectivity index (χ3v) is 25.3. The second-order valence-corrected chi connectivity index (χ2v) is 32.7. The van der Waals surface area contributed by atoms with Crippen molar-refractivity contribution in [2.45, 2.75) is 0 Å². The Balaban J connectivity index is 0.559. The highest BCUT2D eigenvalue weighted by atomic mass is 15.2. The van der Waals surface area contributed by atoms with Gasteiger partial charge in [0.05, 0.1) is 85.1 Å². The van der Waals surface area contributed by atoms with Crippen molar-refractivity contribution in [3.05, 3.63) is 454 Å². The van der Waals surface area contributed by atoms with Gasteiger partial charge >= 0.3 is 0 Å². The second kappa shape index (κ2) is 30.7. The van der Waals surface area contributed by atoms with E-state index in [1.165, 1.54) is 21.5 Å². The minimum Gasteiger partial charge on any atom is -0.309 e. The monoisotopic (exact) mass is 1630 g/mol. The molecule has 10 heteroatoms. The van der Waals surface area contributed by atoms with Crippen LogP contribution in [-0.2, 0) is 0 Å². The molecule has 24 rings (SSSR count). The Morgan fingerprint density at radius 3 is 0.797 bits per heavy atom. The van der Waals surface area contributed by atoms with E-state index in [1.54, 1.807) is 0 Å². The molecule has 0 bridgehead atoms. The number of nitriles is 1. The van der Waals surface area contributed by atoms with Crippen molar-refractivity contribution in [2.75, 3.05) is 0 Å². The average Bonchev–Trinajstić information content (AvgIpc) is 1.59. The smallest absolute Gasteiger partial charge is 0.235 e. The maximum absolute atomic E-state index is 9.46. The standard InChI is InChI=1S/C118H72N10/c1-120-94-57-51-80(52-58-94)79-45-49-84(50-46-79)108-73-106(82-25-9-4-10-26-82)122-118(124-108)128-112-38-18-14-34-100(112)104-71-90(56-62-116(104)128)88-54-60-114-102(69-88)98-32-12-16-36-110(98)126(114)96-30-20-28-86(67-96)93-64-91(76-21-5-2-6-22-76)63-92(65-93)85-27-19-29-95(66-85)125-109-35-15-11-31-97(109)101-68-87(53-59-113(101)125)89-55-61-115-103(70-89)99-33-13-17-37-111(99)127(115)117-121-105(81-23-7-3-8-24-81)72-107(123-117)83-47-43-78(44-48-83)77-41-39-75(74-119)40-42-77/h2-73H. The molecule has 0 aliphatic carbocycles. The Bertz CT molecular complexity index is 8180. The molecule has 0 atom stereocenters. The highest BCUT2D eigenvalue weighted by molar-refractivity contribution is 6.15. The van der Waals surface area contributed by atoms with E-state index in [4.69, 9.17) is 26.5 Å². The van der Waals surface area contributed by atoms with Crippen LogP contribution in [0.3, 0.4) is 0 Å². The summed E-state index contributed by atoms with van der Waals surface area (Å²) in [4.78, 5) is 25.1. The molecule has 10 nitrogen and oxygen atoms in total. The zero-order valence-corrected chi connectivity index (χ0v) is 69.0. The summed E-state index contributed by atoms with van der Waals surface area (Å²) in [5, 5.41) is 18.6. The maximum Gasteiger partial charge on any atom is 0.235 e. The van der Waals surface area contributed by atoms with Gasteiger partial charge < -0.3 is 9.13 Å². The lowest BCUT2D eigenvalue weighted by atomic mass is 9.93. The predicted octanol–water partition coefficient (Wildman–Crippen LogP) is 30.4. The summed E-state index contributed by atoms with van der Waals surface area (Å²) in [6.45, 7) is 7.46. The zero-order chi connectivity index (χ0) is 84.9. The maximum atomic E-state index is 9.46. The van der Waals surface area contributed by atoms with E-state index in [1.807, 2.05) is 60.7 Å². The summed E-state index contributed by atoms with van der Waals surface area (Å²) in [6.07, 6.45) is 0. The van der Waals surface area contributed by atoms with Crippen LogP contribution in [0.25, 0.3) is 238 Å². The molecule has 6 aromatic heterocycles. The van der Waals surface area contributed by atoms with E-state index in [-0.39, 0.29) is 0 Å². The largest absolute Gasteiger partial charge is 0.309 e. The van der Waals surface area contributed by atoms with Gasteiger partial charge in [-0.1, -0.05) is 297 Å². The summed E-state index contributed by atoms with van der Waals surface area (Å²) in [5.74, 6) is 1.17. The van der Waals surface area contributed by atoms with Crippen molar-refractivity contribution in [1.82, 2.24) is 38.2 Å². The fourth-order valence-corrected chi connectivity index (χ4v) is 19.0. The molecule has 0 unspecified atom stereocenters. The molecule has 0 amide bonds. The van der Waals surface area contributed by atoms with Gasteiger partial charge in [0.2, 0.25) is 11.9 Å². The molecule has 0 radical (unpaired) electrons. The summed E-state index contributed by atoms with van der Waals surface area (Å²) in [6, 6.07) is 158. The van der Waals surface area contributed by atoms with Crippen molar-refractivity contribution >= 4 is 92.9 Å². The quantitative estimate of drug-likeness (QED) is 0.0952. The Labute approximate surface area is 737 Å². The zero-order valence-electron chi connectivity index (χ0n) is 69.0. The van der Waals surface area contributed by atoms with E-state index in [0.29, 0.717) is 23.1 Å². The van der Waals surface area contributed by atoms with Crippen LogP contribution in [0.4, 0.5) is 5.69 Å². The lowest BCUT2D eigenvalue weighted by Gasteiger charge is -2.15. The molecule has 0 fully saturated rings. The van der Waals surface area contributed by atoms with Crippen LogP contribution in [0.2, 0.25) is 0 Å². The molecule has 0 saturated carbocycles. The summed E-state index contributed by atoms with van der Waals surface area (Å²) < 4.78 is 9.28. The first-order valence-electron chi connectivity index (χ1n) is 43.0. The van der Waals surface area contributed by atoms with Gasteiger partial charge in [-0.05, 0) is 217 Å². The number of hydrogen-bond donors (Lipinski definition) is 0. The van der Waals surface area contributed by atoms with Gasteiger partial charge in [0.15, 0.2) is 5.69 Å². The minimum absolute atomic E-state index is 0.586. The van der Waals surface area contributed by atoms with Crippen LogP contribution in [-0.4, -0.2) is 38.2 Å². The molecule has 6 heterocycles. The highest BCUT2D eigenvalue weighted by Gasteiger charge is 2.24. The van der Waals surface area contributed by atoms with E-state index >= 15 is 0 Å². The van der Waals surface area contributed by atoms with E-state index in [2.05, 4.69) is 405 Å². The van der Waals surface area contributed by atoms with Gasteiger partial charge in [0, 0.05) is 76.7 Å². The van der Waals surface area contributed by atoms with E-state index in [9.17, 15) is 5.26 Å². The van der Waals surface area contributed by atoms with Crippen LogP contribution in [0.15, 0.2) is 437 Å². The molecule has 0 N–H and O–H groups in total. The number of nitrogens with zero attached hydrogens (tertiary/aromatic N) is 10. The third kappa shape index (κ3) is 12.9. The first-order valence-corrected chi connectivity index (χ1v) is 43.0. The Hall–Kier alpha value is -17.7. The van der Waals surface area contributed by atoms with Gasteiger partial charge in [-0.25, -0.2) is 24.8 Å². The molecular weight excluding hydrogens is 1560 g/mol. The highest BCUT2D eigenvalue weighted by Crippen LogP contribution is 2.45. The fraction of sp³-hybridized carbons (Fsp3) is 0. The fourth-order valence-electron chi connectivity index (χ4n) is 19.0. The van der Waals surface area contributed by atoms with Crippen molar-refractivity contribution in [1.29, 1.82) is 5.26 Å². The van der Waals surface area contributed by atoms with Gasteiger partial charge in [-0.15, -0.1) is 0 Å². The molecule has 0 spiro atoms. The molecular formula is C118H72N10. The molecule has 594 valence electrons.